The first-order valence-electron chi connectivity index (χ1n) is 6.16. The second-order valence-corrected chi connectivity index (χ2v) is 7.19. The number of hydrogen-bond acceptors (Lipinski definition) is 4. The molecule has 20 heavy (non-hydrogen) atoms. The number of carbonyl (C=O) groups is 1. The van der Waals surface area contributed by atoms with Gasteiger partial charge >= 0.3 is 0 Å². The second kappa shape index (κ2) is 8.52. The molecular weight excluding hydrogens is 296 g/mol. The molecule has 1 aromatic rings. The average Bonchev–Trinajstić information content (AvgIpc) is 2.30. The summed E-state index contributed by atoms with van der Waals surface area (Å²) in [7, 11) is 1.52. The van der Waals surface area contributed by atoms with Gasteiger partial charge in [0.15, 0.2) is 0 Å². The molecule has 1 rings (SSSR count). The van der Waals surface area contributed by atoms with Gasteiger partial charge in [-0.3, -0.25) is 4.79 Å². The SMILES string of the molecule is COCC(N)C(=O)Nc1ccc(SC(C)(C)C)cc1.Cl. The van der Waals surface area contributed by atoms with Crippen molar-refractivity contribution < 1.29 is 9.53 Å². The Morgan fingerprint density at radius 1 is 1.35 bits per heavy atom. The normalized spacial score (nSPS) is 12.4. The number of methoxy groups -OCH3 is 1. The van der Waals surface area contributed by atoms with Crippen LogP contribution in [0.3, 0.4) is 0 Å². The van der Waals surface area contributed by atoms with Crippen LogP contribution in [0.2, 0.25) is 0 Å². The number of amides is 1. The molecule has 0 aromatic heterocycles. The fourth-order valence-corrected chi connectivity index (χ4v) is 2.43. The predicted octanol–water partition coefficient (Wildman–Crippen LogP) is 2.91. The van der Waals surface area contributed by atoms with Crippen molar-refractivity contribution in [2.45, 2.75) is 36.5 Å². The van der Waals surface area contributed by atoms with Crippen LogP contribution in [-0.2, 0) is 9.53 Å². The highest BCUT2D eigenvalue weighted by atomic mass is 35.5. The Bertz CT molecular complexity index is 418. The Hall–Kier alpha value is -0.750. The first-order chi connectivity index (χ1) is 8.81. The zero-order valence-corrected chi connectivity index (χ0v) is 13.9. The van der Waals surface area contributed by atoms with Gasteiger partial charge in [0.2, 0.25) is 5.91 Å². The van der Waals surface area contributed by atoms with Gasteiger partial charge in [-0.25, -0.2) is 0 Å². The van der Waals surface area contributed by atoms with E-state index in [0.29, 0.717) is 0 Å². The Morgan fingerprint density at radius 2 is 1.90 bits per heavy atom. The third-order valence-electron chi connectivity index (χ3n) is 2.23. The van der Waals surface area contributed by atoms with E-state index in [-0.39, 0.29) is 29.7 Å². The van der Waals surface area contributed by atoms with Crippen LogP contribution in [0.15, 0.2) is 29.2 Å². The first kappa shape index (κ1) is 19.2. The summed E-state index contributed by atoms with van der Waals surface area (Å²) in [6, 6.07) is 7.10. The first-order valence-corrected chi connectivity index (χ1v) is 6.98. The lowest BCUT2D eigenvalue weighted by molar-refractivity contribution is -0.118. The Morgan fingerprint density at radius 3 is 2.35 bits per heavy atom. The van der Waals surface area contributed by atoms with E-state index in [2.05, 4.69) is 26.1 Å². The van der Waals surface area contributed by atoms with Gasteiger partial charge in [-0.1, -0.05) is 20.8 Å². The van der Waals surface area contributed by atoms with Crippen LogP contribution in [-0.4, -0.2) is 30.4 Å². The van der Waals surface area contributed by atoms with Crippen LogP contribution in [0.25, 0.3) is 0 Å². The molecule has 1 aromatic carbocycles. The predicted molar refractivity (Wildman–Crippen MR) is 87.8 cm³/mol. The number of rotatable bonds is 5. The minimum atomic E-state index is -0.645. The molecule has 0 saturated heterocycles. The van der Waals surface area contributed by atoms with Crippen molar-refractivity contribution in [1.82, 2.24) is 0 Å². The molecule has 4 nitrogen and oxygen atoms in total. The highest BCUT2D eigenvalue weighted by Crippen LogP contribution is 2.32. The van der Waals surface area contributed by atoms with Crippen LogP contribution in [0.4, 0.5) is 5.69 Å². The number of nitrogens with one attached hydrogen (secondary N) is 1. The van der Waals surface area contributed by atoms with Crippen molar-refractivity contribution in [3.8, 4) is 0 Å². The van der Waals surface area contributed by atoms with Gasteiger partial charge in [-0.05, 0) is 24.3 Å². The molecule has 1 unspecified atom stereocenters. The van der Waals surface area contributed by atoms with Crippen molar-refractivity contribution in [3.63, 3.8) is 0 Å². The maximum absolute atomic E-state index is 11.7. The fraction of sp³-hybridized carbons (Fsp3) is 0.500. The van der Waals surface area contributed by atoms with Gasteiger partial charge in [0, 0.05) is 22.4 Å². The third kappa shape index (κ3) is 7.14. The number of thioether (sulfide) groups is 1. The summed E-state index contributed by atoms with van der Waals surface area (Å²) in [6.45, 7) is 6.70. The number of carbonyl (C=O) groups excluding carboxylic acids is 1. The number of nitrogens with two attached hydrogens (primary N) is 1. The quantitative estimate of drug-likeness (QED) is 0.819. The minimum absolute atomic E-state index is 0. The Labute approximate surface area is 131 Å². The lowest BCUT2D eigenvalue weighted by Gasteiger charge is -2.17. The van der Waals surface area contributed by atoms with Crippen LogP contribution in [0.5, 0.6) is 0 Å². The maximum Gasteiger partial charge on any atom is 0.243 e. The van der Waals surface area contributed by atoms with Gasteiger partial charge in [-0.2, -0.15) is 0 Å². The molecule has 114 valence electrons. The summed E-state index contributed by atoms with van der Waals surface area (Å²) >= 11 is 1.79. The lowest BCUT2D eigenvalue weighted by Crippen LogP contribution is -2.39. The number of ether oxygens (including phenoxy) is 1. The van der Waals surface area contributed by atoms with E-state index < -0.39 is 6.04 Å². The van der Waals surface area contributed by atoms with Gasteiger partial charge in [0.05, 0.1) is 6.61 Å². The zero-order chi connectivity index (χ0) is 14.5. The van der Waals surface area contributed by atoms with Crippen molar-refractivity contribution >= 4 is 35.8 Å². The topological polar surface area (TPSA) is 64.3 Å². The smallest absolute Gasteiger partial charge is 0.243 e. The summed E-state index contributed by atoms with van der Waals surface area (Å²) in [5.74, 6) is -0.238. The molecule has 0 aliphatic carbocycles. The monoisotopic (exact) mass is 318 g/mol. The summed E-state index contributed by atoms with van der Waals surface area (Å²) in [4.78, 5) is 12.9. The molecule has 3 N–H and O–H groups in total. The summed E-state index contributed by atoms with van der Waals surface area (Å²) < 4.78 is 5.02. The van der Waals surface area contributed by atoms with Crippen molar-refractivity contribution in [1.29, 1.82) is 0 Å². The molecule has 0 aliphatic heterocycles. The van der Waals surface area contributed by atoms with E-state index >= 15 is 0 Å². The van der Waals surface area contributed by atoms with Gasteiger partial charge in [-0.15, -0.1) is 24.2 Å². The molecule has 6 heteroatoms. The maximum atomic E-state index is 11.7. The molecule has 0 fully saturated rings. The van der Waals surface area contributed by atoms with Gasteiger partial charge < -0.3 is 15.8 Å². The number of anilines is 1. The minimum Gasteiger partial charge on any atom is -0.383 e. The number of halogens is 1. The molecule has 0 bridgehead atoms. The molecule has 0 saturated carbocycles. The Balaban J connectivity index is 0.00000361. The van der Waals surface area contributed by atoms with Gasteiger partial charge in [0.25, 0.3) is 0 Å². The molecule has 0 radical (unpaired) electrons. The molecule has 1 atom stereocenters. The van der Waals surface area contributed by atoms with Crippen LogP contribution in [0, 0.1) is 0 Å². The fourth-order valence-electron chi connectivity index (χ4n) is 1.45. The van der Waals surface area contributed by atoms with Crippen LogP contribution < -0.4 is 11.1 Å². The van der Waals surface area contributed by atoms with Crippen molar-refractivity contribution in [3.05, 3.63) is 24.3 Å². The summed E-state index contributed by atoms with van der Waals surface area (Å²) in [6.07, 6.45) is 0. The molecule has 0 heterocycles. The molecule has 1 amide bonds. The average molecular weight is 319 g/mol. The van der Waals surface area contributed by atoms with E-state index in [9.17, 15) is 4.79 Å². The number of benzene rings is 1. The van der Waals surface area contributed by atoms with E-state index in [1.165, 1.54) is 12.0 Å². The van der Waals surface area contributed by atoms with E-state index in [1.807, 2.05) is 24.3 Å². The number of hydrogen-bond donors (Lipinski definition) is 2. The van der Waals surface area contributed by atoms with Crippen molar-refractivity contribution in [2.24, 2.45) is 5.73 Å². The zero-order valence-electron chi connectivity index (χ0n) is 12.3. The third-order valence-corrected chi connectivity index (χ3v) is 3.35. The standard InChI is InChI=1S/C14H22N2O2S.ClH/c1-14(2,3)19-11-7-5-10(6-8-11)16-13(17)12(15)9-18-4;/h5-8,12H,9,15H2,1-4H3,(H,16,17);1H. The van der Waals surface area contributed by atoms with E-state index in [4.69, 9.17) is 10.5 Å². The summed E-state index contributed by atoms with van der Waals surface area (Å²) in [5.41, 5.74) is 6.39. The van der Waals surface area contributed by atoms with E-state index in [0.717, 1.165) is 5.69 Å². The van der Waals surface area contributed by atoms with Gasteiger partial charge in [0.1, 0.15) is 6.04 Å². The van der Waals surface area contributed by atoms with Crippen molar-refractivity contribution in [2.75, 3.05) is 19.0 Å². The summed E-state index contributed by atoms with van der Waals surface area (Å²) in [5, 5.41) is 2.76. The largest absolute Gasteiger partial charge is 0.383 e. The molecule has 0 aliphatic rings. The van der Waals surface area contributed by atoms with E-state index in [1.54, 1.807) is 11.8 Å². The molecule has 0 spiro atoms. The Kier molecular flexibility index (Phi) is 8.20. The molecular formula is C14H23ClN2O2S. The van der Waals surface area contributed by atoms with Crippen LogP contribution in [0.1, 0.15) is 20.8 Å². The lowest BCUT2D eigenvalue weighted by atomic mass is 10.2. The second-order valence-electron chi connectivity index (χ2n) is 5.29. The highest BCUT2D eigenvalue weighted by molar-refractivity contribution is 8.00. The van der Waals surface area contributed by atoms with Crippen LogP contribution >= 0.6 is 24.2 Å². The highest BCUT2D eigenvalue weighted by Gasteiger charge is 2.14.